The van der Waals surface area contributed by atoms with Gasteiger partial charge in [0.1, 0.15) is 17.2 Å². The first kappa shape index (κ1) is 87.7. The Morgan fingerprint density at radius 2 is 0.857 bits per heavy atom. The molecule has 0 amide bonds. The molecule has 10 rings (SSSR count). The van der Waals surface area contributed by atoms with Gasteiger partial charge in [0, 0.05) is 50.1 Å². The molecule has 105 heavy (non-hydrogen) atoms. The number of rotatable bonds is 12. The van der Waals surface area contributed by atoms with Gasteiger partial charge in [-0.15, -0.1) is 0 Å². The maximum absolute atomic E-state index is 13.8. The summed E-state index contributed by atoms with van der Waals surface area (Å²) in [5.74, 6) is -0.185. The van der Waals surface area contributed by atoms with Crippen LogP contribution in [0.25, 0.3) is 43.3 Å². The van der Waals surface area contributed by atoms with Crippen molar-refractivity contribution >= 4 is 52.5 Å². The maximum Gasteiger partial charge on any atom is 0.407 e. The molecule has 3 N–H and O–H groups in total. The molecule has 0 unspecified atom stereocenters. The number of phenolic OH excluding ortho intramolecular Hbond substituents is 1. The van der Waals surface area contributed by atoms with Crippen LogP contribution in [0.4, 0.5) is 37.7 Å². The van der Waals surface area contributed by atoms with Crippen molar-refractivity contribution < 1.29 is 76.4 Å². The van der Waals surface area contributed by atoms with E-state index in [0.29, 0.717) is 38.7 Å². The predicted molar refractivity (Wildman–Crippen MR) is 410 cm³/mol. The third kappa shape index (κ3) is 26.2. The van der Waals surface area contributed by atoms with Crippen molar-refractivity contribution in [3.05, 3.63) is 304 Å². The minimum atomic E-state index is -4.85. The summed E-state index contributed by atoms with van der Waals surface area (Å²) in [7, 11) is -0.282. The van der Waals surface area contributed by atoms with Crippen molar-refractivity contribution in [2.24, 2.45) is 0 Å². The molecule has 0 bridgehead atoms. The van der Waals surface area contributed by atoms with E-state index in [9.17, 15) is 35.9 Å². The number of nitrogens with zero attached hydrogens (tertiary/aromatic N) is 4. The van der Waals surface area contributed by atoms with Gasteiger partial charge >= 0.3 is 12.4 Å². The van der Waals surface area contributed by atoms with Gasteiger partial charge in [0.2, 0.25) is 0 Å². The Balaban J connectivity index is 0.000000305. The van der Waals surface area contributed by atoms with Gasteiger partial charge in [-0.1, -0.05) is 218 Å². The fourth-order valence-corrected chi connectivity index (χ4v) is 15.7. The number of aromatic nitrogens is 2. The molecule has 21 heteroatoms. The number of carboxylic acids is 2. The van der Waals surface area contributed by atoms with E-state index >= 15 is 0 Å². The summed E-state index contributed by atoms with van der Waals surface area (Å²) in [6.45, 7) is 42.8. The van der Waals surface area contributed by atoms with Gasteiger partial charge in [-0.3, -0.25) is 19.2 Å². The number of phenols is 1. The third-order valence-corrected chi connectivity index (χ3v) is 19.9. The molecule has 2 heterocycles. The van der Waals surface area contributed by atoms with Crippen LogP contribution in [0.1, 0.15) is 125 Å². The molecular weight excluding hydrogens is 1520 g/mol. The summed E-state index contributed by atoms with van der Waals surface area (Å²) in [6.07, 6.45) is -7.71. The predicted octanol–water partition coefficient (Wildman–Crippen LogP) is 22.8. The third-order valence-electron chi connectivity index (χ3n) is 15.8. The van der Waals surface area contributed by atoms with Gasteiger partial charge in [0.25, 0.3) is 34.4 Å². The monoisotopic (exact) mass is 1610 g/mol. The van der Waals surface area contributed by atoms with E-state index in [-0.39, 0.29) is 52.8 Å². The van der Waals surface area contributed by atoms with Crippen molar-refractivity contribution in [1.29, 1.82) is 0 Å². The summed E-state index contributed by atoms with van der Waals surface area (Å²) in [5.41, 5.74) is 5.44. The molecule has 2 aromatic heterocycles. The minimum Gasteiger partial charge on any atom is -0.508 e. The van der Waals surface area contributed by atoms with Crippen molar-refractivity contribution in [3.63, 3.8) is 0 Å². The molecule has 0 saturated heterocycles. The molecule has 0 aliphatic carbocycles. The van der Waals surface area contributed by atoms with Crippen molar-refractivity contribution in [1.82, 2.24) is 9.13 Å². The number of aromatic hydroxyl groups is 1. The van der Waals surface area contributed by atoms with E-state index < -0.39 is 57.9 Å². The Morgan fingerprint density at radius 1 is 0.505 bits per heavy atom. The Morgan fingerprint density at radius 3 is 1.21 bits per heavy atom. The molecule has 0 saturated carbocycles. The van der Waals surface area contributed by atoms with Crippen LogP contribution in [0.3, 0.4) is 0 Å². The second kappa shape index (κ2) is 39.4. The van der Waals surface area contributed by atoms with Crippen LogP contribution >= 0.6 is 23.9 Å². The van der Waals surface area contributed by atoms with Gasteiger partial charge < -0.3 is 29.2 Å². The van der Waals surface area contributed by atoms with Gasteiger partial charge in [0.05, 0.1) is 37.4 Å². The first-order valence-corrected chi connectivity index (χ1v) is 35.2. The fourth-order valence-electron chi connectivity index (χ4n) is 11.3. The van der Waals surface area contributed by atoms with E-state index in [1.807, 2.05) is 100 Å². The maximum atomic E-state index is 13.8. The molecule has 8 aromatic carbocycles. The van der Waals surface area contributed by atoms with E-state index in [2.05, 4.69) is 136 Å². The van der Waals surface area contributed by atoms with E-state index in [4.69, 9.17) is 42.8 Å². The van der Waals surface area contributed by atoms with Crippen LogP contribution in [0, 0.1) is 40.8 Å². The molecule has 12 nitrogen and oxygen atoms in total. The van der Waals surface area contributed by atoms with E-state index in [1.54, 1.807) is 60.7 Å². The molecular formula is C84H86BrF6N4O8PPd. The van der Waals surface area contributed by atoms with Gasteiger partial charge in [0.15, 0.2) is 0 Å². The Bertz CT molecular complexity index is 4730. The number of benzene rings is 8. The zero-order valence-corrected chi connectivity index (χ0v) is 65.0. The number of carboxylic acid groups (broad SMARTS) is 2. The number of pyridine rings is 2. The van der Waals surface area contributed by atoms with Crippen molar-refractivity contribution in [2.45, 2.75) is 146 Å². The molecule has 554 valence electrons. The second-order valence-electron chi connectivity index (χ2n) is 26.2. The first-order chi connectivity index (χ1) is 48.7. The summed E-state index contributed by atoms with van der Waals surface area (Å²) >= 11 is 3.30. The number of hydrogen-bond donors (Lipinski definition) is 3. The zero-order valence-electron chi connectivity index (χ0n) is 61.0. The van der Waals surface area contributed by atoms with Gasteiger partial charge in [-0.25, -0.2) is 9.69 Å². The largest absolute Gasteiger partial charge is 0.508 e. The quantitative estimate of drug-likeness (QED) is 0.0472. The van der Waals surface area contributed by atoms with Crippen LogP contribution in [-0.2, 0) is 68.3 Å². The number of alkyl halides is 6. The second-order valence-corrected chi connectivity index (χ2v) is 30.9. The molecule has 0 radical (unpaired) electrons. The minimum absolute atomic E-state index is 0. The smallest absolute Gasteiger partial charge is 0.407 e. The van der Waals surface area contributed by atoms with Gasteiger partial charge in [-0.2, -0.15) is 26.3 Å². The van der Waals surface area contributed by atoms with Crippen molar-refractivity contribution in [3.8, 4) is 50.9 Å². The number of aryl methyl sites for hydroxylation is 6. The van der Waals surface area contributed by atoms with Gasteiger partial charge in [-0.05, 0) is 185 Å². The molecule has 0 spiro atoms. The Hall–Kier alpha value is -9.67. The van der Waals surface area contributed by atoms with Crippen LogP contribution in [0.15, 0.2) is 214 Å². The van der Waals surface area contributed by atoms with Crippen LogP contribution in [0.5, 0.6) is 17.2 Å². The molecule has 0 aliphatic rings. The van der Waals surface area contributed by atoms with E-state index in [0.717, 1.165) is 76.7 Å². The Labute approximate surface area is 634 Å². The van der Waals surface area contributed by atoms with Crippen LogP contribution < -0.4 is 21.2 Å². The molecule has 0 fully saturated rings. The number of aliphatic carboxylic acids is 2. The standard InChI is InChI=1S/C30H25F3N2O2.C22H16BrF3N2O.C20H27P.C8H10O.2C2H4O2.Pd/c1-5-21-7-12-24(13-8-21)37-25-14-10-22(11-15-25)27-17-26(30(31,32)33)28(34-4)29(36)35(27)18-23-9-6-19(2)16-20(23)3;1-13-4-5-16(14(2)10-13)12-28-19(15-6-8-17(23)9-7-15)11-18(22(24,25)26)20(27-3)21(28)29;1-19(2,3)21(20(4,5)6)18-15-11-10-14-17(18)16-12-8-7-9-13-16;1-2-7-3-5-8(9)6-4-7;2*1-2(3)4;/h6-17H,5,18H2,1-3H3;4-11H,12H2,1-2H3;7-15H,1-6H3;3-6,9H,2H2,1H3;2*1H3,(H,3,4);. The zero-order chi connectivity index (χ0) is 77.6. The molecule has 10 aromatic rings. The van der Waals surface area contributed by atoms with Crippen LogP contribution in [0.2, 0.25) is 0 Å². The SMILES string of the molecule is CC(=O)O.CC(=O)O.CC(C)(C)P(c1ccccc1-c1ccccc1)C(C)(C)C.CCc1ccc(O)cc1.[C-]#[N+]c1c(C(F)(F)F)cc(-c2ccc(Br)cc2)n(Cc2ccc(C)cc2C)c1=O.[C-]#[N+]c1c(C(F)(F)F)cc(-c2ccc(Oc3ccc(CC)cc3)cc2)n(Cc2ccc(C)cc2C)c1=O.[Pd]. The number of hydrogen-bond acceptors (Lipinski definition) is 6. The average Bonchev–Trinajstić information content (AvgIpc) is 0.776. The van der Waals surface area contributed by atoms with E-state index in [1.165, 1.54) is 36.7 Å². The summed E-state index contributed by atoms with van der Waals surface area (Å²) in [4.78, 5) is 50.1. The molecule has 0 aliphatic heterocycles. The number of ether oxygens (including phenoxy) is 1. The first-order valence-electron chi connectivity index (χ1n) is 33.0. The number of carbonyl (C=O) groups is 2. The number of halogens is 7. The summed E-state index contributed by atoms with van der Waals surface area (Å²) in [5, 5.41) is 25.8. The fraction of sp³-hybridized carbons (Fsp3) is 0.262. The normalized spacial score (nSPS) is 10.9. The summed E-state index contributed by atoms with van der Waals surface area (Å²) in [6, 6.07) is 60.9. The Kier molecular flexibility index (Phi) is 33.0. The average molecular weight is 1610 g/mol. The molecule has 0 atom stereocenters. The summed E-state index contributed by atoms with van der Waals surface area (Å²) < 4.78 is 91.2. The van der Waals surface area contributed by atoms with Crippen molar-refractivity contribution in [2.75, 3.05) is 0 Å². The topological polar surface area (TPSA) is 157 Å². The van der Waals surface area contributed by atoms with Crippen LogP contribution in [-0.4, -0.2) is 46.7 Å².